The van der Waals surface area contributed by atoms with Crippen molar-refractivity contribution in [2.24, 2.45) is 0 Å². The lowest BCUT2D eigenvalue weighted by Gasteiger charge is -2.02. The topological polar surface area (TPSA) is 39.4 Å². The Morgan fingerprint density at radius 1 is 0.885 bits per heavy atom. The smallest absolute Gasteiger partial charge is 0.339 e. The minimum absolute atomic E-state index is 0.351. The van der Waals surface area contributed by atoms with E-state index >= 15 is 0 Å². The van der Waals surface area contributed by atoms with E-state index in [2.05, 4.69) is 55.5 Å². The van der Waals surface area contributed by atoms with Crippen LogP contribution in [0.4, 0.5) is 0 Å². The molecule has 26 heavy (non-hydrogen) atoms. The summed E-state index contributed by atoms with van der Waals surface area (Å²) in [5.74, 6) is 1.25. The van der Waals surface area contributed by atoms with Gasteiger partial charge in [0.1, 0.15) is 11.5 Å². The lowest BCUT2D eigenvalue weighted by molar-refractivity contribution is 0.390. The van der Waals surface area contributed by atoms with Gasteiger partial charge in [-0.2, -0.15) is 0 Å². The molecule has 0 N–H and O–H groups in total. The van der Waals surface area contributed by atoms with Crippen LogP contribution in [0.15, 0.2) is 70.0 Å². The van der Waals surface area contributed by atoms with E-state index in [1.165, 1.54) is 12.5 Å². The Bertz CT molecular complexity index is 648. The van der Waals surface area contributed by atoms with Gasteiger partial charge in [-0.3, -0.25) is 0 Å². The Labute approximate surface area is 157 Å². The zero-order chi connectivity index (χ0) is 18.9. The molecular weight excluding hydrogens is 324 g/mol. The molecule has 1 rings (SSSR count). The zero-order valence-corrected chi connectivity index (χ0v) is 16.2. The van der Waals surface area contributed by atoms with E-state index in [0.717, 1.165) is 44.9 Å². The first kappa shape index (κ1) is 21.8. The third-order valence-electron chi connectivity index (χ3n) is 3.80. The fraction of sp³-hybridized carbons (Fsp3) is 0.435. The first-order valence-corrected chi connectivity index (χ1v) is 9.57. The Hall–Kier alpha value is -2.29. The molecule has 1 heterocycles. The van der Waals surface area contributed by atoms with Gasteiger partial charge in [0.25, 0.3) is 0 Å². The standard InChI is InChI=1S/C23H32O3/c1-3-4-5-6-7-8-9-10-11-12-13-14-15-16-17-18-21-19-22(25-2)20-23(24)26-21/h5-8,11-14,19-20H,3-4,9-10,15-18H2,1-2H3/b6-5+,8-7+,12-11+,14-13+. The van der Waals surface area contributed by atoms with Crippen LogP contribution in [0, 0.1) is 0 Å². The number of methoxy groups -OCH3 is 1. The van der Waals surface area contributed by atoms with Crippen LogP contribution in [0.5, 0.6) is 5.75 Å². The second-order valence-electron chi connectivity index (χ2n) is 6.11. The van der Waals surface area contributed by atoms with Crippen molar-refractivity contribution < 1.29 is 9.15 Å². The number of hydrogen-bond acceptors (Lipinski definition) is 3. The first-order chi connectivity index (χ1) is 12.8. The minimum atomic E-state index is -0.351. The highest BCUT2D eigenvalue weighted by atomic mass is 16.5. The normalized spacial score (nSPS) is 12.2. The number of aryl methyl sites for hydroxylation is 1. The highest BCUT2D eigenvalue weighted by Gasteiger charge is 2.01. The van der Waals surface area contributed by atoms with E-state index in [1.54, 1.807) is 13.2 Å². The van der Waals surface area contributed by atoms with E-state index in [0.29, 0.717) is 11.5 Å². The van der Waals surface area contributed by atoms with Crippen molar-refractivity contribution in [1.82, 2.24) is 0 Å². The minimum Gasteiger partial charge on any atom is -0.496 e. The van der Waals surface area contributed by atoms with Gasteiger partial charge in [-0.1, -0.05) is 62.0 Å². The molecule has 0 unspecified atom stereocenters. The van der Waals surface area contributed by atoms with Gasteiger partial charge in [-0.05, 0) is 38.5 Å². The molecule has 0 saturated carbocycles. The maximum absolute atomic E-state index is 11.4. The largest absolute Gasteiger partial charge is 0.496 e. The summed E-state index contributed by atoms with van der Waals surface area (Å²) >= 11 is 0. The molecule has 0 amide bonds. The van der Waals surface area contributed by atoms with Crippen LogP contribution in [0.2, 0.25) is 0 Å². The average Bonchev–Trinajstić information content (AvgIpc) is 2.64. The molecule has 142 valence electrons. The van der Waals surface area contributed by atoms with Crippen LogP contribution >= 0.6 is 0 Å². The second-order valence-corrected chi connectivity index (χ2v) is 6.11. The number of allylic oxidation sites excluding steroid dienone is 8. The molecule has 0 aromatic carbocycles. The summed E-state index contributed by atoms with van der Waals surface area (Å²) in [6, 6.07) is 3.14. The van der Waals surface area contributed by atoms with Gasteiger partial charge in [-0.25, -0.2) is 4.79 Å². The quantitative estimate of drug-likeness (QED) is 0.313. The van der Waals surface area contributed by atoms with Gasteiger partial charge < -0.3 is 9.15 Å². The summed E-state index contributed by atoms with van der Waals surface area (Å²) in [5.41, 5.74) is -0.351. The maximum Gasteiger partial charge on any atom is 0.339 e. The van der Waals surface area contributed by atoms with Gasteiger partial charge in [0, 0.05) is 12.5 Å². The summed E-state index contributed by atoms with van der Waals surface area (Å²) in [4.78, 5) is 11.4. The molecule has 0 bridgehead atoms. The van der Waals surface area contributed by atoms with Crippen molar-refractivity contribution in [3.8, 4) is 5.75 Å². The summed E-state index contributed by atoms with van der Waals surface area (Å²) in [6.07, 6.45) is 25.6. The van der Waals surface area contributed by atoms with E-state index in [1.807, 2.05) is 0 Å². The van der Waals surface area contributed by atoms with E-state index in [9.17, 15) is 4.79 Å². The predicted molar refractivity (Wildman–Crippen MR) is 110 cm³/mol. The van der Waals surface area contributed by atoms with Gasteiger partial charge in [0.2, 0.25) is 0 Å². The predicted octanol–water partition coefficient (Wildman–Crippen LogP) is 6.17. The SMILES string of the molecule is CCC/C=C/C=C/CC/C=C/C=C/CCCCc1cc(OC)cc(=O)o1. The maximum atomic E-state index is 11.4. The Morgan fingerprint density at radius 2 is 1.50 bits per heavy atom. The van der Waals surface area contributed by atoms with Crippen molar-refractivity contribution in [3.63, 3.8) is 0 Å². The van der Waals surface area contributed by atoms with Crippen LogP contribution in [0.3, 0.4) is 0 Å². The van der Waals surface area contributed by atoms with Gasteiger partial charge >= 0.3 is 5.63 Å². The Kier molecular flexibility index (Phi) is 12.6. The third kappa shape index (κ3) is 11.3. The van der Waals surface area contributed by atoms with Crippen LogP contribution < -0.4 is 10.4 Å². The summed E-state index contributed by atoms with van der Waals surface area (Å²) < 4.78 is 10.2. The van der Waals surface area contributed by atoms with Crippen LogP contribution in [0.25, 0.3) is 0 Å². The molecule has 1 aromatic rings. The van der Waals surface area contributed by atoms with E-state index in [-0.39, 0.29) is 5.63 Å². The molecule has 0 aliphatic carbocycles. The zero-order valence-electron chi connectivity index (χ0n) is 16.2. The molecule has 3 nitrogen and oxygen atoms in total. The highest BCUT2D eigenvalue weighted by molar-refractivity contribution is 5.20. The molecule has 0 aliphatic heterocycles. The van der Waals surface area contributed by atoms with Crippen LogP contribution in [-0.2, 0) is 6.42 Å². The van der Waals surface area contributed by atoms with Crippen LogP contribution in [-0.4, -0.2) is 7.11 Å². The third-order valence-corrected chi connectivity index (χ3v) is 3.80. The fourth-order valence-electron chi connectivity index (χ4n) is 2.37. The van der Waals surface area contributed by atoms with Crippen molar-refractivity contribution in [2.75, 3.05) is 7.11 Å². The fourth-order valence-corrected chi connectivity index (χ4v) is 2.37. The summed E-state index contributed by atoms with van der Waals surface area (Å²) in [5, 5.41) is 0. The van der Waals surface area contributed by atoms with E-state index in [4.69, 9.17) is 9.15 Å². The lowest BCUT2D eigenvalue weighted by Crippen LogP contribution is -2.01. The molecule has 0 radical (unpaired) electrons. The number of ether oxygens (including phenoxy) is 1. The van der Waals surface area contributed by atoms with Crippen LogP contribution in [0.1, 0.15) is 57.6 Å². The highest BCUT2D eigenvalue weighted by Crippen LogP contribution is 2.12. The molecule has 0 spiro atoms. The average molecular weight is 357 g/mol. The van der Waals surface area contributed by atoms with Crippen molar-refractivity contribution in [1.29, 1.82) is 0 Å². The Morgan fingerprint density at radius 3 is 2.12 bits per heavy atom. The number of hydrogen-bond donors (Lipinski definition) is 0. The molecule has 0 saturated heterocycles. The number of rotatable bonds is 13. The monoisotopic (exact) mass is 356 g/mol. The summed E-state index contributed by atoms with van der Waals surface area (Å²) in [6.45, 7) is 2.19. The molecule has 0 fully saturated rings. The molecule has 3 heteroatoms. The number of unbranched alkanes of at least 4 members (excludes halogenated alkanes) is 4. The Balaban J connectivity index is 2.09. The van der Waals surface area contributed by atoms with Crippen molar-refractivity contribution >= 4 is 0 Å². The molecule has 0 atom stereocenters. The molecular formula is C23H32O3. The summed E-state index contributed by atoms with van der Waals surface area (Å²) in [7, 11) is 1.55. The van der Waals surface area contributed by atoms with Crippen molar-refractivity contribution in [3.05, 3.63) is 76.9 Å². The second kappa shape index (κ2) is 15.0. The van der Waals surface area contributed by atoms with E-state index < -0.39 is 0 Å². The lowest BCUT2D eigenvalue weighted by atomic mass is 10.1. The van der Waals surface area contributed by atoms with Gasteiger partial charge in [-0.15, -0.1) is 0 Å². The molecule has 0 aliphatic rings. The van der Waals surface area contributed by atoms with Gasteiger partial charge in [0.15, 0.2) is 0 Å². The van der Waals surface area contributed by atoms with Crippen molar-refractivity contribution in [2.45, 2.75) is 58.3 Å². The molecule has 1 aromatic heterocycles. The first-order valence-electron chi connectivity index (χ1n) is 9.57. The van der Waals surface area contributed by atoms with Gasteiger partial charge in [0.05, 0.1) is 13.2 Å².